The van der Waals surface area contributed by atoms with Gasteiger partial charge in [0.2, 0.25) is 0 Å². The molecule has 2 aromatic rings. The van der Waals surface area contributed by atoms with Crippen molar-refractivity contribution in [2.75, 3.05) is 19.7 Å². The molecule has 0 aliphatic carbocycles. The Morgan fingerprint density at radius 1 is 1.33 bits per heavy atom. The van der Waals surface area contributed by atoms with Crippen LogP contribution in [0, 0.1) is 5.92 Å². The average Bonchev–Trinajstić information content (AvgIpc) is 3.23. The number of benzene rings is 1. The van der Waals surface area contributed by atoms with Crippen molar-refractivity contribution in [2.45, 2.75) is 31.9 Å². The maximum atomic E-state index is 10.6. The minimum atomic E-state index is -0.454. The van der Waals surface area contributed by atoms with E-state index in [4.69, 9.17) is 4.74 Å². The Kier molecular flexibility index (Phi) is 4.29. The molecule has 0 saturated carbocycles. The molecular weight excluding hydrogens is 302 g/mol. The van der Waals surface area contributed by atoms with Crippen molar-refractivity contribution in [3.05, 3.63) is 47.5 Å². The second-order valence-electron chi connectivity index (χ2n) is 7.00. The van der Waals surface area contributed by atoms with Crippen LogP contribution in [-0.2, 0) is 20.0 Å². The Labute approximate surface area is 142 Å². The topological polar surface area (TPSA) is 50.5 Å². The molecule has 1 aromatic heterocycles. The van der Waals surface area contributed by atoms with Gasteiger partial charge in [0.15, 0.2) is 0 Å². The highest BCUT2D eigenvalue weighted by Crippen LogP contribution is 2.31. The Balaban J connectivity index is 1.34. The third-order valence-corrected chi connectivity index (χ3v) is 5.36. The van der Waals surface area contributed by atoms with Crippen LogP contribution in [0.25, 0.3) is 0 Å². The minimum Gasteiger partial charge on any atom is -0.493 e. The van der Waals surface area contributed by atoms with Crippen LogP contribution in [0.1, 0.15) is 35.9 Å². The molecule has 1 N–H and O–H groups in total. The number of aliphatic hydroxyl groups is 1. The van der Waals surface area contributed by atoms with Crippen LogP contribution in [0.3, 0.4) is 0 Å². The van der Waals surface area contributed by atoms with E-state index in [-0.39, 0.29) is 0 Å². The summed E-state index contributed by atoms with van der Waals surface area (Å²) in [4.78, 5) is 6.78. The number of hydrogen-bond donors (Lipinski definition) is 1. The summed E-state index contributed by atoms with van der Waals surface area (Å²) in [5.74, 6) is 2.14. The minimum absolute atomic E-state index is 0.302. The van der Waals surface area contributed by atoms with E-state index in [0.29, 0.717) is 5.92 Å². The first-order valence-corrected chi connectivity index (χ1v) is 8.83. The van der Waals surface area contributed by atoms with Crippen LogP contribution in [0.2, 0.25) is 0 Å². The number of rotatable bonds is 4. The van der Waals surface area contributed by atoms with Gasteiger partial charge < -0.3 is 14.4 Å². The van der Waals surface area contributed by atoms with Gasteiger partial charge in [-0.3, -0.25) is 4.90 Å². The highest BCUT2D eigenvalue weighted by Gasteiger charge is 2.28. The van der Waals surface area contributed by atoms with Gasteiger partial charge in [-0.05, 0) is 49.0 Å². The van der Waals surface area contributed by atoms with Crippen molar-refractivity contribution < 1.29 is 9.84 Å². The lowest BCUT2D eigenvalue weighted by atomic mass is 9.90. The van der Waals surface area contributed by atoms with Crippen molar-refractivity contribution in [3.8, 4) is 5.75 Å². The van der Waals surface area contributed by atoms with E-state index in [1.807, 2.05) is 17.8 Å². The molecule has 24 heavy (non-hydrogen) atoms. The van der Waals surface area contributed by atoms with Gasteiger partial charge in [-0.25, -0.2) is 4.98 Å². The average molecular weight is 327 g/mol. The molecule has 5 heteroatoms. The van der Waals surface area contributed by atoms with Crippen LogP contribution in [0.15, 0.2) is 30.6 Å². The molecule has 1 aromatic carbocycles. The summed E-state index contributed by atoms with van der Waals surface area (Å²) in [7, 11) is 1.94. The van der Waals surface area contributed by atoms with Crippen LogP contribution in [-0.4, -0.2) is 39.3 Å². The predicted molar refractivity (Wildman–Crippen MR) is 91.8 cm³/mol. The third kappa shape index (κ3) is 3.06. The van der Waals surface area contributed by atoms with E-state index in [1.165, 1.54) is 11.1 Å². The van der Waals surface area contributed by atoms with Gasteiger partial charge in [-0.1, -0.05) is 12.1 Å². The molecule has 128 valence electrons. The molecule has 0 radical (unpaired) electrons. The fourth-order valence-corrected chi connectivity index (χ4v) is 3.90. The second kappa shape index (κ2) is 6.57. The Morgan fingerprint density at radius 3 is 2.92 bits per heavy atom. The largest absolute Gasteiger partial charge is 0.493 e. The van der Waals surface area contributed by atoms with E-state index < -0.39 is 6.10 Å². The molecule has 0 bridgehead atoms. The zero-order chi connectivity index (χ0) is 16.5. The molecule has 2 aliphatic rings. The lowest BCUT2D eigenvalue weighted by molar-refractivity contribution is 0.0492. The molecule has 0 unspecified atom stereocenters. The predicted octanol–water partition coefficient (Wildman–Crippen LogP) is 2.30. The zero-order valence-corrected chi connectivity index (χ0v) is 14.2. The van der Waals surface area contributed by atoms with Crippen molar-refractivity contribution in [1.29, 1.82) is 0 Å². The number of imidazole rings is 1. The number of aromatic nitrogens is 2. The molecular formula is C19H25N3O2. The van der Waals surface area contributed by atoms with Crippen LogP contribution >= 0.6 is 0 Å². The zero-order valence-electron chi connectivity index (χ0n) is 14.2. The fraction of sp³-hybridized carbons (Fsp3) is 0.526. The number of fused-ring (bicyclic) bond motifs is 1. The summed E-state index contributed by atoms with van der Waals surface area (Å²) in [5.41, 5.74) is 2.70. The lowest BCUT2D eigenvalue weighted by Gasteiger charge is -2.34. The maximum absolute atomic E-state index is 10.6. The number of piperidine rings is 1. The number of nitrogens with zero attached hydrogens (tertiary/aromatic N) is 3. The highest BCUT2D eigenvalue weighted by atomic mass is 16.5. The van der Waals surface area contributed by atoms with Crippen molar-refractivity contribution in [1.82, 2.24) is 14.5 Å². The normalized spacial score (nSPS) is 19.9. The Hall–Kier alpha value is -1.85. The van der Waals surface area contributed by atoms with Crippen LogP contribution < -0.4 is 4.74 Å². The fourth-order valence-electron chi connectivity index (χ4n) is 3.90. The first-order valence-electron chi connectivity index (χ1n) is 8.83. The summed E-state index contributed by atoms with van der Waals surface area (Å²) in [6.45, 7) is 3.85. The molecule has 2 aliphatic heterocycles. The van der Waals surface area contributed by atoms with Crippen LogP contribution in [0.4, 0.5) is 0 Å². The van der Waals surface area contributed by atoms with Crippen LogP contribution in [0.5, 0.6) is 5.75 Å². The van der Waals surface area contributed by atoms with Crippen molar-refractivity contribution in [2.24, 2.45) is 13.0 Å². The molecule has 1 atom stereocenters. The van der Waals surface area contributed by atoms with Gasteiger partial charge in [0.25, 0.3) is 0 Å². The molecule has 0 amide bonds. The van der Waals surface area contributed by atoms with Gasteiger partial charge in [-0.15, -0.1) is 0 Å². The monoisotopic (exact) mass is 327 g/mol. The summed E-state index contributed by atoms with van der Waals surface area (Å²) < 4.78 is 7.50. The number of hydrogen-bond acceptors (Lipinski definition) is 4. The summed E-state index contributed by atoms with van der Waals surface area (Å²) in [6.07, 6.45) is 6.26. The van der Waals surface area contributed by atoms with Gasteiger partial charge in [-0.2, -0.15) is 0 Å². The Morgan fingerprint density at radius 2 is 2.17 bits per heavy atom. The molecule has 1 fully saturated rings. The molecule has 3 heterocycles. The quantitative estimate of drug-likeness (QED) is 0.936. The van der Waals surface area contributed by atoms with Gasteiger partial charge in [0.1, 0.15) is 17.7 Å². The lowest BCUT2D eigenvalue weighted by Crippen LogP contribution is -2.35. The SMILES string of the molecule is Cn1ccnc1[C@H](O)C1CCN(Cc2ccc3c(c2)CCO3)CC1. The maximum Gasteiger partial charge on any atom is 0.137 e. The standard InChI is InChI=1S/C19H25N3O2/c1-21-10-7-20-19(21)18(23)15-4-8-22(9-5-15)13-14-2-3-17-16(12-14)6-11-24-17/h2-3,7,10,12,15,18,23H,4-6,8-9,11,13H2,1H3/t18-/m1/s1. The van der Waals surface area contributed by atoms with E-state index in [9.17, 15) is 5.11 Å². The Bertz CT molecular complexity index is 704. The van der Waals surface area contributed by atoms with E-state index in [1.54, 1.807) is 6.20 Å². The number of likely N-dealkylation sites (tertiary alicyclic amines) is 1. The smallest absolute Gasteiger partial charge is 0.137 e. The first-order chi connectivity index (χ1) is 11.7. The van der Waals surface area contributed by atoms with E-state index in [0.717, 1.165) is 57.1 Å². The van der Waals surface area contributed by atoms with E-state index >= 15 is 0 Å². The first kappa shape index (κ1) is 15.7. The molecule has 4 rings (SSSR count). The van der Waals surface area contributed by atoms with Gasteiger partial charge in [0.05, 0.1) is 6.61 Å². The van der Waals surface area contributed by atoms with E-state index in [2.05, 4.69) is 28.1 Å². The summed E-state index contributed by atoms with van der Waals surface area (Å²) >= 11 is 0. The number of ether oxygens (including phenoxy) is 1. The van der Waals surface area contributed by atoms with Gasteiger partial charge in [0, 0.05) is 32.4 Å². The summed E-state index contributed by atoms with van der Waals surface area (Å²) in [5, 5.41) is 10.6. The highest BCUT2D eigenvalue weighted by molar-refractivity contribution is 5.39. The molecule has 5 nitrogen and oxygen atoms in total. The second-order valence-corrected chi connectivity index (χ2v) is 7.00. The van der Waals surface area contributed by atoms with Crippen molar-refractivity contribution >= 4 is 0 Å². The molecule has 0 spiro atoms. The van der Waals surface area contributed by atoms with Gasteiger partial charge >= 0.3 is 0 Å². The number of aliphatic hydroxyl groups excluding tert-OH is 1. The van der Waals surface area contributed by atoms with Crippen molar-refractivity contribution in [3.63, 3.8) is 0 Å². The number of aryl methyl sites for hydroxylation is 1. The third-order valence-electron chi connectivity index (χ3n) is 5.36. The summed E-state index contributed by atoms with van der Waals surface area (Å²) in [6, 6.07) is 6.57. The molecule has 1 saturated heterocycles.